The van der Waals surface area contributed by atoms with Crippen LogP contribution in [0.15, 0.2) is 12.1 Å². The zero-order valence-corrected chi connectivity index (χ0v) is 15.2. The van der Waals surface area contributed by atoms with Crippen molar-refractivity contribution >= 4 is 5.91 Å². The molecule has 1 aliphatic heterocycles. The molecule has 3 rings (SSSR count). The van der Waals surface area contributed by atoms with Gasteiger partial charge in [-0.05, 0) is 38.3 Å². The molecule has 2 aliphatic rings. The van der Waals surface area contributed by atoms with Gasteiger partial charge in [-0.1, -0.05) is 12.8 Å². The van der Waals surface area contributed by atoms with Crippen molar-refractivity contribution in [3.05, 3.63) is 23.5 Å². The Labute approximate surface area is 148 Å². The molecule has 1 amide bonds. The molecule has 1 aromatic rings. The number of amides is 1. The van der Waals surface area contributed by atoms with E-state index < -0.39 is 11.9 Å². The first-order valence-electron chi connectivity index (χ1n) is 8.95. The third-order valence-corrected chi connectivity index (χ3v) is 5.81. The highest BCUT2D eigenvalue weighted by Crippen LogP contribution is 2.44. The summed E-state index contributed by atoms with van der Waals surface area (Å²) in [5.74, 6) is 0.796. The summed E-state index contributed by atoms with van der Waals surface area (Å²) in [6, 6.07) is 2.46. The van der Waals surface area contributed by atoms with Crippen LogP contribution in [0.3, 0.4) is 0 Å². The second-order valence-corrected chi connectivity index (χ2v) is 7.15. The zero-order chi connectivity index (χ0) is 18.0. The van der Waals surface area contributed by atoms with E-state index in [-0.39, 0.29) is 11.3 Å². The molecule has 0 radical (unpaired) electrons. The van der Waals surface area contributed by atoms with Crippen LogP contribution in [-0.4, -0.2) is 33.2 Å². The molecule has 6 heteroatoms. The predicted molar refractivity (Wildman–Crippen MR) is 93.3 cm³/mol. The normalized spacial score (nSPS) is 26.6. The van der Waals surface area contributed by atoms with E-state index in [1.807, 2.05) is 0 Å². The summed E-state index contributed by atoms with van der Waals surface area (Å²) in [7, 11) is 2.98. The topological polar surface area (TPSA) is 59.6 Å². The highest BCUT2D eigenvalue weighted by atomic mass is 19.1. The molecule has 1 heterocycles. The van der Waals surface area contributed by atoms with Crippen molar-refractivity contribution in [2.75, 3.05) is 27.3 Å². The van der Waals surface area contributed by atoms with E-state index in [0.29, 0.717) is 29.5 Å². The average molecular weight is 350 g/mol. The van der Waals surface area contributed by atoms with Crippen LogP contribution in [0.4, 0.5) is 4.39 Å². The number of carbonyl (C=O) groups is 1. The fourth-order valence-corrected chi connectivity index (χ4v) is 4.31. The maximum absolute atomic E-state index is 14.5. The second kappa shape index (κ2) is 7.20. The van der Waals surface area contributed by atoms with E-state index in [9.17, 15) is 9.18 Å². The molecule has 0 spiro atoms. The number of carbonyl (C=O) groups excluding carboxylic acids is 1. The summed E-state index contributed by atoms with van der Waals surface area (Å²) in [6.07, 6.45) is 4.24. The van der Waals surface area contributed by atoms with Crippen molar-refractivity contribution in [1.82, 2.24) is 10.6 Å². The first kappa shape index (κ1) is 18.0. The molecule has 3 atom stereocenters. The molecule has 0 aromatic heterocycles. The van der Waals surface area contributed by atoms with E-state index in [1.54, 1.807) is 13.0 Å². The van der Waals surface area contributed by atoms with E-state index >= 15 is 0 Å². The number of halogens is 1. The van der Waals surface area contributed by atoms with Gasteiger partial charge in [0.05, 0.1) is 25.7 Å². The number of rotatable bonds is 5. The van der Waals surface area contributed by atoms with Gasteiger partial charge in [0.1, 0.15) is 5.82 Å². The minimum absolute atomic E-state index is 0.0314. The van der Waals surface area contributed by atoms with Crippen molar-refractivity contribution in [2.24, 2.45) is 11.3 Å². The van der Waals surface area contributed by atoms with Crippen LogP contribution >= 0.6 is 0 Å². The molecule has 25 heavy (non-hydrogen) atoms. The highest BCUT2D eigenvalue weighted by molar-refractivity contribution is 5.84. The number of ether oxygens (including phenoxy) is 2. The monoisotopic (exact) mass is 350 g/mol. The minimum atomic E-state index is -0.440. The Morgan fingerprint density at radius 1 is 1.32 bits per heavy atom. The summed E-state index contributed by atoms with van der Waals surface area (Å²) in [5, 5.41) is 6.41. The number of hydrogen-bond acceptors (Lipinski definition) is 4. The van der Waals surface area contributed by atoms with Crippen LogP contribution in [0, 0.1) is 17.2 Å². The minimum Gasteiger partial charge on any atom is -0.493 e. The fourth-order valence-electron chi connectivity index (χ4n) is 4.31. The molecule has 1 aromatic carbocycles. The maximum atomic E-state index is 14.5. The van der Waals surface area contributed by atoms with Gasteiger partial charge in [-0.25, -0.2) is 4.39 Å². The van der Waals surface area contributed by atoms with Gasteiger partial charge in [0.15, 0.2) is 11.5 Å². The standard InChI is InChI=1S/C19H27FN2O3/c1-12(14-8-16(24-2)17(25-3)9-15(14)20)22-18(23)19-7-5-4-6-13(19)10-21-11-19/h8-9,12-13,21H,4-7,10-11H2,1-3H3,(H,22,23)/t12?,13-,19+/m0/s1. The van der Waals surface area contributed by atoms with Crippen molar-refractivity contribution < 1.29 is 18.7 Å². The van der Waals surface area contributed by atoms with Crippen molar-refractivity contribution in [3.63, 3.8) is 0 Å². The van der Waals surface area contributed by atoms with Crippen LogP contribution in [0.5, 0.6) is 11.5 Å². The van der Waals surface area contributed by atoms with Gasteiger partial charge in [0.25, 0.3) is 0 Å². The number of benzene rings is 1. The molecular formula is C19H27FN2O3. The Morgan fingerprint density at radius 2 is 2.04 bits per heavy atom. The Hall–Kier alpha value is -1.82. The molecule has 1 unspecified atom stereocenters. The molecule has 1 saturated carbocycles. The van der Waals surface area contributed by atoms with E-state index in [1.165, 1.54) is 26.7 Å². The molecule has 2 N–H and O–H groups in total. The van der Waals surface area contributed by atoms with Gasteiger partial charge < -0.3 is 20.1 Å². The van der Waals surface area contributed by atoms with Gasteiger partial charge in [-0.15, -0.1) is 0 Å². The van der Waals surface area contributed by atoms with Gasteiger partial charge >= 0.3 is 0 Å². The molecular weight excluding hydrogens is 323 g/mol. The van der Waals surface area contributed by atoms with Gasteiger partial charge in [0, 0.05) is 18.2 Å². The fraction of sp³-hybridized carbons (Fsp3) is 0.632. The molecule has 1 saturated heterocycles. The molecule has 5 nitrogen and oxygen atoms in total. The van der Waals surface area contributed by atoms with E-state index in [4.69, 9.17) is 9.47 Å². The lowest BCUT2D eigenvalue weighted by Crippen LogP contribution is -2.48. The van der Waals surface area contributed by atoms with Crippen LogP contribution < -0.4 is 20.1 Å². The van der Waals surface area contributed by atoms with E-state index in [0.717, 1.165) is 25.8 Å². The zero-order valence-electron chi connectivity index (χ0n) is 15.2. The molecule has 1 aliphatic carbocycles. The lowest BCUT2D eigenvalue weighted by molar-refractivity contribution is -0.134. The van der Waals surface area contributed by atoms with Gasteiger partial charge in [-0.2, -0.15) is 0 Å². The SMILES string of the molecule is COc1cc(F)c(C(C)NC(=O)[C@@]23CCCC[C@H]2CNC3)cc1OC. The largest absolute Gasteiger partial charge is 0.493 e. The number of hydrogen-bond donors (Lipinski definition) is 2. The first-order valence-corrected chi connectivity index (χ1v) is 8.95. The first-order chi connectivity index (χ1) is 12.0. The Balaban J connectivity index is 1.80. The van der Waals surface area contributed by atoms with Crippen LogP contribution in [0.1, 0.15) is 44.2 Å². The van der Waals surface area contributed by atoms with Crippen LogP contribution in [0.25, 0.3) is 0 Å². The lowest BCUT2D eigenvalue weighted by atomic mass is 9.67. The van der Waals surface area contributed by atoms with E-state index in [2.05, 4.69) is 10.6 Å². The summed E-state index contributed by atoms with van der Waals surface area (Å²) in [6.45, 7) is 3.41. The summed E-state index contributed by atoms with van der Waals surface area (Å²) in [5.41, 5.74) is 0.0558. The average Bonchev–Trinajstić information content (AvgIpc) is 3.06. The van der Waals surface area contributed by atoms with Crippen molar-refractivity contribution in [3.8, 4) is 11.5 Å². The smallest absolute Gasteiger partial charge is 0.228 e. The summed E-state index contributed by atoms with van der Waals surface area (Å²) < 4.78 is 24.8. The predicted octanol–water partition coefficient (Wildman–Crippen LogP) is 2.80. The Bertz CT molecular complexity index is 652. The molecule has 138 valence electrons. The summed E-state index contributed by atoms with van der Waals surface area (Å²) >= 11 is 0. The van der Waals surface area contributed by atoms with Crippen molar-refractivity contribution in [2.45, 2.75) is 38.6 Å². The molecule has 2 fully saturated rings. The highest BCUT2D eigenvalue weighted by Gasteiger charge is 2.50. The maximum Gasteiger partial charge on any atom is 0.228 e. The van der Waals surface area contributed by atoms with Gasteiger partial charge in [-0.3, -0.25) is 4.79 Å². The quantitative estimate of drug-likeness (QED) is 0.857. The second-order valence-electron chi connectivity index (χ2n) is 7.15. The lowest BCUT2D eigenvalue weighted by Gasteiger charge is -2.38. The third kappa shape index (κ3) is 3.19. The number of fused-ring (bicyclic) bond motifs is 1. The summed E-state index contributed by atoms with van der Waals surface area (Å²) in [4.78, 5) is 13.0. The number of nitrogens with one attached hydrogen (secondary N) is 2. The molecule has 0 bridgehead atoms. The Morgan fingerprint density at radius 3 is 2.76 bits per heavy atom. The van der Waals surface area contributed by atoms with Crippen molar-refractivity contribution in [1.29, 1.82) is 0 Å². The van der Waals surface area contributed by atoms with Crippen LogP contribution in [-0.2, 0) is 4.79 Å². The van der Waals surface area contributed by atoms with Crippen LogP contribution in [0.2, 0.25) is 0 Å². The Kier molecular flexibility index (Phi) is 5.18. The third-order valence-electron chi connectivity index (χ3n) is 5.81. The van der Waals surface area contributed by atoms with Gasteiger partial charge in [0.2, 0.25) is 5.91 Å². The number of methoxy groups -OCH3 is 2.